The lowest BCUT2D eigenvalue weighted by atomic mass is 10.1. The maximum absolute atomic E-state index is 12.3. The van der Waals surface area contributed by atoms with Gasteiger partial charge in [-0.2, -0.15) is 13.2 Å². The molecule has 0 unspecified atom stereocenters. The normalized spacial score (nSPS) is 12.3. The molecule has 0 saturated heterocycles. The highest BCUT2D eigenvalue weighted by Gasteiger charge is 2.32. The molecule has 1 aromatic heterocycles. The standard InChI is InChI=1S/C11H13F3N2O3/c1-10(2,9(18)19)15-8(17)7-4-3-5-16(7)6-11(12,13)14/h3-5H,6H2,1-2H3,(H,15,17)(H,18,19). The van der Waals surface area contributed by atoms with E-state index in [4.69, 9.17) is 5.11 Å². The quantitative estimate of drug-likeness (QED) is 0.879. The minimum atomic E-state index is -4.46. The van der Waals surface area contributed by atoms with Gasteiger partial charge in [-0.05, 0) is 26.0 Å². The summed E-state index contributed by atoms with van der Waals surface area (Å²) in [5, 5.41) is 11.0. The van der Waals surface area contributed by atoms with E-state index in [2.05, 4.69) is 5.32 Å². The molecule has 0 aromatic carbocycles. The number of carbonyl (C=O) groups is 2. The summed E-state index contributed by atoms with van der Waals surface area (Å²) in [5.41, 5.74) is -1.81. The van der Waals surface area contributed by atoms with Gasteiger partial charge in [0, 0.05) is 6.20 Å². The number of nitrogens with one attached hydrogen (secondary N) is 1. The summed E-state index contributed by atoms with van der Waals surface area (Å²) in [6.45, 7) is 1.17. The first kappa shape index (κ1) is 15.1. The second kappa shape index (κ2) is 4.94. The van der Waals surface area contributed by atoms with Crippen LogP contribution < -0.4 is 5.32 Å². The first-order valence-electron chi connectivity index (χ1n) is 5.31. The Hall–Kier alpha value is -1.99. The third-order valence-corrected chi connectivity index (χ3v) is 2.37. The molecule has 0 saturated carbocycles. The molecule has 0 spiro atoms. The minimum absolute atomic E-state index is 0.244. The largest absolute Gasteiger partial charge is 0.480 e. The lowest BCUT2D eigenvalue weighted by molar-refractivity contribution is -0.143. The van der Waals surface area contributed by atoms with Gasteiger partial charge < -0.3 is 15.0 Å². The van der Waals surface area contributed by atoms with Crippen molar-refractivity contribution in [2.24, 2.45) is 0 Å². The first-order chi connectivity index (χ1) is 8.53. The Kier molecular flexibility index (Phi) is 3.92. The number of rotatable bonds is 4. The van der Waals surface area contributed by atoms with E-state index in [1.165, 1.54) is 26.0 Å². The maximum atomic E-state index is 12.3. The van der Waals surface area contributed by atoms with Gasteiger partial charge in [-0.15, -0.1) is 0 Å². The Bertz CT molecular complexity index is 492. The van der Waals surface area contributed by atoms with Gasteiger partial charge in [0.15, 0.2) is 0 Å². The third kappa shape index (κ3) is 4.01. The van der Waals surface area contributed by atoms with Crippen molar-refractivity contribution in [3.63, 3.8) is 0 Å². The fourth-order valence-electron chi connectivity index (χ4n) is 1.35. The van der Waals surface area contributed by atoms with Gasteiger partial charge in [-0.25, -0.2) is 4.79 Å². The van der Waals surface area contributed by atoms with Crippen LogP contribution in [0.1, 0.15) is 24.3 Å². The maximum Gasteiger partial charge on any atom is 0.406 e. The highest BCUT2D eigenvalue weighted by molar-refractivity contribution is 5.96. The molecule has 1 rings (SSSR count). The molecule has 0 aliphatic rings. The summed E-state index contributed by atoms with van der Waals surface area (Å²) in [5.74, 6) is -2.16. The first-order valence-corrected chi connectivity index (χ1v) is 5.31. The number of carboxylic acids is 1. The van der Waals surface area contributed by atoms with E-state index in [-0.39, 0.29) is 5.69 Å². The molecule has 106 valence electrons. The van der Waals surface area contributed by atoms with Crippen LogP contribution in [0.4, 0.5) is 13.2 Å². The molecule has 1 amide bonds. The topological polar surface area (TPSA) is 71.3 Å². The predicted molar refractivity (Wildman–Crippen MR) is 59.7 cm³/mol. The number of hydrogen-bond acceptors (Lipinski definition) is 2. The van der Waals surface area contributed by atoms with Gasteiger partial charge in [0.25, 0.3) is 5.91 Å². The summed E-state index contributed by atoms with van der Waals surface area (Å²) in [4.78, 5) is 22.6. The van der Waals surface area contributed by atoms with Crippen molar-refractivity contribution in [1.82, 2.24) is 9.88 Å². The molecule has 5 nitrogen and oxygen atoms in total. The fraction of sp³-hybridized carbons (Fsp3) is 0.455. The number of carbonyl (C=O) groups excluding carboxylic acids is 1. The van der Waals surface area contributed by atoms with Gasteiger partial charge >= 0.3 is 12.1 Å². The van der Waals surface area contributed by atoms with Crippen LogP contribution in [0.2, 0.25) is 0 Å². The van der Waals surface area contributed by atoms with Gasteiger partial charge in [0.1, 0.15) is 17.8 Å². The Labute approximate surface area is 107 Å². The number of carboxylic acid groups (broad SMARTS) is 1. The number of nitrogens with zero attached hydrogens (tertiary/aromatic N) is 1. The van der Waals surface area contributed by atoms with E-state index in [0.29, 0.717) is 4.57 Å². The van der Waals surface area contributed by atoms with Crippen LogP contribution in [0.5, 0.6) is 0 Å². The van der Waals surface area contributed by atoms with E-state index in [0.717, 1.165) is 6.20 Å². The van der Waals surface area contributed by atoms with E-state index >= 15 is 0 Å². The third-order valence-electron chi connectivity index (χ3n) is 2.37. The monoisotopic (exact) mass is 278 g/mol. The fourth-order valence-corrected chi connectivity index (χ4v) is 1.35. The summed E-state index contributed by atoms with van der Waals surface area (Å²) in [6, 6.07) is 2.48. The molecule has 0 atom stereocenters. The van der Waals surface area contributed by atoms with E-state index < -0.39 is 30.1 Å². The number of aliphatic carboxylic acids is 1. The predicted octanol–water partition coefficient (Wildman–Crippen LogP) is 1.64. The van der Waals surface area contributed by atoms with Gasteiger partial charge in [-0.3, -0.25) is 4.79 Å². The SMILES string of the molecule is CC(C)(NC(=O)c1cccn1CC(F)(F)F)C(=O)O. The van der Waals surface area contributed by atoms with Crippen LogP contribution in [0.15, 0.2) is 18.3 Å². The van der Waals surface area contributed by atoms with Crippen LogP contribution in [0.3, 0.4) is 0 Å². The number of alkyl halides is 3. The van der Waals surface area contributed by atoms with Gasteiger partial charge in [0.05, 0.1) is 0 Å². The molecular formula is C11H13F3N2O3. The van der Waals surface area contributed by atoms with E-state index in [1.54, 1.807) is 0 Å². The molecule has 1 heterocycles. The second-order valence-electron chi connectivity index (χ2n) is 4.52. The molecule has 0 radical (unpaired) electrons. The zero-order chi connectivity index (χ0) is 14.8. The average Bonchev–Trinajstić information content (AvgIpc) is 2.61. The summed E-state index contributed by atoms with van der Waals surface area (Å²) >= 11 is 0. The smallest absolute Gasteiger partial charge is 0.406 e. The Balaban J connectivity index is 2.90. The van der Waals surface area contributed by atoms with Crippen LogP contribution >= 0.6 is 0 Å². The molecule has 2 N–H and O–H groups in total. The van der Waals surface area contributed by atoms with Crippen molar-refractivity contribution in [2.75, 3.05) is 0 Å². The Morgan fingerprint density at radius 2 is 1.95 bits per heavy atom. The van der Waals surface area contributed by atoms with Crippen molar-refractivity contribution >= 4 is 11.9 Å². The minimum Gasteiger partial charge on any atom is -0.480 e. The average molecular weight is 278 g/mol. The highest BCUT2D eigenvalue weighted by Crippen LogP contribution is 2.19. The van der Waals surface area contributed by atoms with Crippen molar-refractivity contribution in [1.29, 1.82) is 0 Å². The molecule has 19 heavy (non-hydrogen) atoms. The molecule has 8 heteroatoms. The van der Waals surface area contributed by atoms with Crippen molar-refractivity contribution in [3.05, 3.63) is 24.0 Å². The Morgan fingerprint density at radius 1 is 1.37 bits per heavy atom. The van der Waals surface area contributed by atoms with Gasteiger partial charge in [0.2, 0.25) is 0 Å². The zero-order valence-electron chi connectivity index (χ0n) is 10.3. The van der Waals surface area contributed by atoms with Crippen molar-refractivity contribution in [3.8, 4) is 0 Å². The van der Waals surface area contributed by atoms with Crippen LogP contribution in [0.25, 0.3) is 0 Å². The Morgan fingerprint density at radius 3 is 2.42 bits per heavy atom. The molecular weight excluding hydrogens is 265 g/mol. The molecule has 0 fully saturated rings. The van der Waals surface area contributed by atoms with Crippen molar-refractivity contribution < 1.29 is 27.9 Å². The van der Waals surface area contributed by atoms with Crippen LogP contribution in [-0.4, -0.2) is 33.3 Å². The molecule has 0 aliphatic heterocycles. The number of amides is 1. The summed E-state index contributed by atoms with van der Waals surface area (Å²) < 4.78 is 37.6. The lowest BCUT2D eigenvalue weighted by Gasteiger charge is -2.21. The highest BCUT2D eigenvalue weighted by atomic mass is 19.4. The second-order valence-corrected chi connectivity index (χ2v) is 4.52. The molecule has 0 aliphatic carbocycles. The number of aromatic nitrogens is 1. The number of halogens is 3. The molecule has 1 aromatic rings. The zero-order valence-corrected chi connectivity index (χ0v) is 10.3. The lowest BCUT2D eigenvalue weighted by Crippen LogP contribution is -2.50. The van der Waals surface area contributed by atoms with Crippen LogP contribution in [-0.2, 0) is 11.3 Å². The van der Waals surface area contributed by atoms with Gasteiger partial charge in [-0.1, -0.05) is 0 Å². The summed E-state index contributed by atoms with van der Waals surface area (Å²) in [7, 11) is 0. The van der Waals surface area contributed by atoms with Crippen molar-refractivity contribution in [2.45, 2.75) is 32.1 Å². The molecule has 0 bridgehead atoms. The number of hydrogen-bond donors (Lipinski definition) is 2. The van der Waals surface area contributed by atoms with E-state index in [1.807, 2.05) is 0 Å². The van der Waals surface area contributed by atoms with Crippen LogP contribution in [0, 0.1) is 0 Å². The summed E-state index contributed by atoms with van der Waals surface area (Å²) in [6.07, 6.45) is -3.35. The van der Waals surface area contributed by atoms with E-state index in [9.17, 15) is 22.8 Å².